The molecule has 0 rings (SSSR count). The standard InChI is InChI=1S/C24H9F42O4P/c25-5(26,1-3-69-71(67,68)70-4-2-6(27,28)8(31,32)10(35,36)12(39,40)17(49,50)19(53,54)21(57,58)23(61,62)63)7(29,30)9(33,34)11(37,38)13(41,42)14(43,44)15(45,46)16(47,48)18(51,52)20(55,56)22(59,60)24(64,65)66/h1-4H2,(H,67,68). The summed E-state index contributed by atoms with van der Waals surface area (Å²) in [6.45, 7) is -6.64. The fourth-order valence-corrected chi connectivity index (χ4v) is 4.83. The van der Waals surface area contributed by atoms with Crippen LogP contribution in [0.15, 0.2) is 0 Å². The van der Waals surface area contributed by atoms with E-state index in [9.17, 15) is 189 Å². The van der Waals surface area contributed by atoms with Crippen molar-refractivity contribution >= 4 is 7.82 Å². The second-order valence-corrected chi connectivity index (χ2v) is 14.7. The fourth-order valence-electron chi connectivity index (χ4n) is 4.11. The van der Waals surface area contributed by atoms with Crippen molar-refractivity contribution in [3.8, 4) is 0 Å². The van der Waals surface area contributed by atoms with Crippen molar-refractivity contribution in [2.24, 2.45) is 0 Å². The molecule has 1 unspecified atom stereocenters. The summed E-state index contributed by atoms with van der Waals surface area (Å²) in [6.07, 6.45) is -24.5. The van der Waals surface area contributed by atoms with Gasteiger partial charge in [0.1, 0.15) is 0 Å². The number of hydrogen-bond acceptors (Lipinski definition) is 3. The Morgan fingerprint density at radius 1 is 0.239 bits per heavy atom. The first kappa shape index (κ1) is 68.2. The quantitative estimate of drug-likeness (QED) is 0.0773. The van der Waals surface area contributed by atoms with Gasteiger partial charge in [-0.3, -0.25) is 9.05 Å². The van der Waals surface area contributed by atoms with Crippen molar-refractivity contribution in [1.29, 1.82) is 0 Å². The third kappa shape index (κ3) is 9.30. The van der Waals surface area contributed by atoms with Gasteiger partial charge in [0.25, 0.3) is 0 Å². The number of phosphoric ester groups is 1. The average molecular weight is 1190 g/mol. The van der Waals surface area contributed by atoms with Crippen LogP contribution in [0.3, 0.4) is 0 Å². The SMILES string of the molecule is O=P(O)(OCCC(F)(F)C(F)(F)C(F)(F)C(F)(F)C(F)(F)C(F)(F)C(F)(F)C(F)(F)F)OCCC(F)(F)C(F)(F)C(F)(F)C(F)(F)C(F)(F)C(F)(F)C(F)(F)C(F)(F)C(F)(F)C(F)(F)C(F)(F)C(F)(F)F. The number of hydrogen-bond donors (Lipinski definition) is 1. The van der Waals surface area contributed by atoms with E-state index in [1.807, 2.05) is 0 Å². The summed E-state index contributed by atoms with van der Waals surface area (Å²) < 4.78 is 582. The molecule has 0 aromatic heterocycles. The maximum Gasteiger partial charge on any atom is 0.472 e. The predicted octanol–water partition coefficient (Wildman–Crippen LogP) is 14.5. The Kier molecular flexibility index (Phi) is 16.9. The van der Waals surface area contributed by atoms with Crippen LogP contribution in [0.1, 0.15) is 12.8 Å². The minimum absolute atomic E-state index is 2.92. The van der Waals surface area contributed by atoms with Crippen LogP contribution in [0.4, 0.5) is 184 Å². The monoisotopic (exact) mass is 1190 g/mol. The van der Waals surface area contributed by atoms with Gasteiger partial charge in [-0.05, 0) is 0 Å². The third-order valence-corrected chi connectivity index (χ3v) is 9.51. The lowest BCUT2D eigenvalue weighted by Crippen LogP contribution is -2.78. The maximum atomic E-state index is 14.0. The normalized spacial score (nSPS) is 17.7. The molecule has 0 aromatic rings. The van der Waals surface area contributed by atoms with Gasteiger partial charge in [0.2, 0.25) is 0 Å². The lowest BCUT2D eigenvalue weighted by molar-refractivity contribution is -0.482. The molecule has 0 spiro atoms. The third-order valence-electron chi connectivity index (χ3n) is 8.49. The Hall–Kier alpha value is -2.83. The molecule has 4 nitrogen and oxygen atoms in total. The van der Waals surface area contributed by atoms with E-state index in [4.69, 9.17) is 4.89 Å². The van der Waals surface area contributed by atoms with E-state index in [0.717, 1.165) is 0 Å². The maximum absolute atomic E-state index is 14.0. The van der Waals surface area contributed by atoms with E-state index < -0.39 is 153 Å². The summed E-state index contributed by atoms with van der Waals surface area (Å²) in [7, 11) is -7.16. The molecular weight excluding hydrogens is 1180 g/mol. The number of rotatable bonds is 24. The van der Waals surface area contributed by atoms with E-state index in [0.29, 0.717) is 0 Å². The van der Waals surface area contributed by atoms with Crippen LogP contribution in [0.2, 0.25) is 0 Å². The zero-order valence-electron chi connectivity index (χ0n) is 30.8. The molecule has 0 radical (unpaired) electrons. The van der Waals surface area contributed by atoms with Gasteiger partial charge in [0.15, 0.2) is 0 Å². The van der Waals surface area contributed by atoms with Crippen molar-refractivity contribution in [3.05, 3.63) is 0 Å². The van der Waals surface area contributed by atoms with E-state index in [-0.39, 0.29) is 0 Å². The Bertz CT molecular complexity index is 1920. The lowest BCUT2D eigenvalue weighted by Gasteiger charge is -2.45. The Morgan fingerprint density at radius 2 is 0.366 bits per heavy atom. The van der Waals surface area contributed by atoms with Gasteiger partial charge < -0.3 is 4.89 Å². The molecule has 0 saturated heterocycles. The van der Waals surface area contributed by atoms with Crippen LogP contribution in [-0.4, -0.2) is 137 Å². The summed E-state index contributed by atoms with van der Waals surface area (Å²) in [5, 5.41) is 0. The van der Waals surface area contributed by atoms with Crippen LogP contribution >= 0.6 is 7.82 Å². The zero-order chi connectivity index (χ0) is 58.7. The minimum Gasteiger partial charge on any atom is -0.302 e. The molecule has 0 saturated carbocycles. The highest BCUT2D eigenvalue weighted by Crippen LogP contribution is 2.69. The van der Waals surface area contributed by atoms with Crippen molar-refractivity contribution < 1.29 is 203 Å². The highest BCUT2D eigenvalue weighted by Gasteiger charge is 3.00. The largest absolute Gasteiger partial charge is 0.472 e. The molecule has 47 heteroatoms. The second kappa shape index (κ2) is 17.6. The molecule has 0 amide bonds. The minimum atomic E-state index is -10.00. The topological polar surface area (TPSA) is 55.8 Å². The molecule has 0 aromatic carbocycles. The van der Waals surface area contributed by atoms with E-state index in [1.165, 1.54) is 0 Å². The second-order valence-electron chi connectivity index (χ2n) is 13.2. The molecule has 0 bridgehead atoms. The Labute approximate surface area is 357 Å². The average Bonchev–Trinajstić information content (AvgIpc) is 3.12. The molecule has 0 aliphatic rings. The summed E-state index contributed by atoms with van der Waals surface area (Å²) in [6, 6.07) is 0. The predicted molar refractivity (Wildman–Crippen MR) is 132 cm³/mol. The summed E-state index contributed by atoms with van der Waals surface area (Å²) in [4.78, 5) is 9.01. The Morgan fingerprint density at radius 3 is 0.507 bits per heavy atom. The van der Waals surface area contributed by atoms with Gasteiger partial charge in [-0.15, -0.1) is 0 Å². The van der Waals surface area contributed by atoms with Crippen LogP contribution in [0.5, 0.6) is 0 Å². The molecular formula is C24H9F42O4P. The molecule has 0 aliphatic heterocycles. The van der Waals surface area contributed by atoms with Gasteiger partial charge in [-0.2, -0.15) is 184 Å². The van der Waals surface area contributed by atoms with Crippen molar-refractivity contribution in [2.45, 2.75) is 132 Å². The smallest absolute Gasteiger partial charge is 0.302 e. The fraction of sp³-hybridized carbons (Fsp3) is 1.00. The van der Waals surface area contributed by atoms with Gasteiger partial charge in [-0.25, -0.2) is 4.57 Å². The molecule has 0 aliphatic carbocycles. The first-order valence-corrected chi connectivity index (χ1v) is 17.0. The Balaban J connectivity index is 6.68. The van der Waals surface area contributed by atoms with E-state index in [1.54, 1.807) is 0 Å². The molecule has 0 fully saturated rings. The highest BCUT2D eigenvalue weighted by atomic mass is 31.2. The van der Waals surface area contributed by atoms with Gasteiger partial charge in [0, 0.05) is 12.8 Å². The molecule has 71 heavy (non-hydrogen) atoms. The van der Waals surface area contributed by atoms with Crippen molar-refractivity contribution in [1.82, 2.24) is 0 Å². The molecule has 0 heterocycles. The number of halogens is 42. The first-order valence-electron chi connectivity index (χ1n) is 15.5. The van der Waals surface area contributed by atoms with Crippen LogP contribution < -0.4 is 0 Å². The van der Waals surface area contributed by atoms with E-state index in [2.05, 4.69) is 9.05 Å². The number of alkyl halides is 42. The first-order chi connectivity index (χ1) is 29.9. The zero-order valence-corrected chi connectivity index (χ0v) is 31.7. The lowest BCUT2D eigenvalue weighted by atomic mass is 9.84. The molecule has 1 N–H and O–H groups in total. The highest BCUT2D eigenvalue weighted by molar-refractivity contribution is 7.47. The van der Waals surface area contributed by atoms with Crippen molar-refractivity contribution in [3.63, 3.8) is 0 Å². The van der Waals surface area contributed by atoms with Crippen LogP contribution in [0.25, 0.3) is 0 Å². The van der Waals surface area contributed by atoms with Gasteiger partial charge in [0.05, 0.1) is 13.2 Å². The number of phosphoric acid groups is 1. The summed E-state index contributed by atoms with van der Waals surface area (Å²) >= 11 is 0. The van der Waals surface area contributed by atoms with Crippen LogP contribution in [0, 0.1) is 0 Å². The van der Waals surface area contributed by atoms with Crippen LogP contribution in [-0.2, 0) is 13.6 Å². The van der Waals surface area contributed by atoms with E-state index >= 15 is 0 Å². The van der Waals surface area contributed by atoms with Gasteiger partial charge in [-0.1, -0.05) is 0 Å². The molecule has 428 valence electrons. The molecule has 1 atom stereocenters. The summed E-state index contributed by atoms with van der Waals surface area (Å²) in [5.74, 6) is -165. The van der Waals surface area contributed by atoms with Gasteiger partial charge >= 0.3 is 127 Å². The summed E-state index contributed by atoms with van der Waals surface area (Å²) in [5.41, 5.74) is 0. The van der Waals surface area contributed by atoms with Crippen molar-refractivity contribution in [2.75, 3.05) is 13.2 Å².